The van der Waals surface area contributed by atoms with E-state index < -0.39 is 11.5 Å². The standard InChI is InChI=1S/C26H30O4/c1-25-12-5-8-20(25)19-10-9-18-14-22(28)23(30-15-17-6-3-2-4-7-17)24(29)26(18,16-27)21(19)11-13-25/h2-4,6-7,14,16,19-21,23H,5,8-13,15H2,1H3/t19-,20-,21-,23?,25-,26-/m0/s1. The molecule has 5 rings (SSSR count). The van der Waals surface area contributed by atoms with Gasteiger partial charge in [0.2, 0.25) is 0 Å². The maximum Gasteiger partial charge on any atom is 0.192 e. The summed E-state index contributed by atoms with van der Waals surface area (Å²) in [5.74, 6) is 0.370. The van der Waals surface area contributed by atoms with Gasteiger partial charge in [0.1, 0.15) is 11.7 Å². The predicted molar refractivity (Wildman–Crippen MR) is 113 cm³/mol. The van der Waals surface area contributed by atoms with Gasteiger partial charge < -0.3 is 9.53 Å². The first kappa shape index (κ1) is 19.9. The number of carbonyl (C=O) groups is 3. The van der Waals surface area contributed by atoms with Gasteiger partial charge in [-0.1, -0.05) is 43.7 Å². The van der Waals surface area contributed by atoms with E-state index in [1.807, 2.05) is 30.3 Å². The number of hydrogen-bond acceptors (Lipinski definition) is 4. The second-order valence-electron chi connectivity index (χ2n) is 10.1. The fourth-order valence-corrected chi connectivity index (χ4v) is 7.27. The monoisotopic (exact) mass is 406 g/mol. The van der Waals surface area contributed by atoms with Gasteiger partial charge in [0, 0.05) is 0 Å². The zero-order valence-corrected chi connectivity index (χ0v) is 17.6. The molecule has 4 heteroatoms. The molecule has 0 aliphatic heterocycles. The Bertz CT molecular complexity index is 903. The van der Waals surface area contributed by atoms with E-state index in [-0.39, 0.29) is 24.1 Å². The molecule has 1 aromatic carbocycles. The summed E-state index contributed by atoms with van der Waals surface area (Å²) in [7, 11) is 0. The molecule has 1 unspecified atom stereocenters. The first-order chi connectivity index (χ1) is 14.5. The lowest BCUT2D eigenvalue weighted by atomic mass is 9.47. The van der Waals surface area contributed by atoms with Crippen LogP contribution in [0.25, 0.3) is 0 Å². The summed E-state index contributed by atoms with van der Waals surface area (Å²) in [6.07, 6.45) is 8.60. The van der Waals surface area contributed by atoms with Crippen molar-refractivity contribution in [1.29, 1.82) is 0 Å². The number of rotatable bonds is 4. The van der Waals surface area contributed by atoms with Crippen molar-refractivity contribution in [2.75, 3.05) is 0 Å². The minimum Gasteiger partial charge on any atom is -0.357 e. The number of aldehydes is 1. The molecular weight excluding hydrogens is 376 g/mol. The molecule has 0 N–H and O–H groups in total. The minimum absolute atomic E-state index is 0.00889. The summed E-state index contributed by atoms with van der Waals surface area (Å²) < 4.78 is 5.85. The van der Waals surface area contributed by atoms with E-state index in [1.54, 1.807) is 6.08 Å². The van der Waals surface area contributed by atoms with Gasteiger partial charge in [0.15, 0.2) is 17.7 Å². The van der Waals surface area contributed by atoms with E-state index >= 15 is 0 Å². The lowest BCUT2D eigenvalue weighted by Crippen LogP contribution is -2.59. The van der Waals surface area contributed by atoms with Gasteiger partial charge >= 0.3 is 0 Å². The predicted octanol–water partition coefficient (Wildman–Crippen LogP) is 4.46. The molecule has 4 nitrogen and oxygen atoms in total. The second kappa shape index (κ2) is 7.26. The number of fused-ring (bicyclic) bond motifs is 5. The van der Waals surface area contributed by atoms with Crippen molar-refractivity contribution in [2.45, 2.75) is 64.6 Å². The Labute approximate surface area is 178 Å². The molecule has 0 saturated heterocycles. The highest BCUT2D eigenvalue weighted by Gasteiger charge is 2.63. The van der Waals surface area contributed by atoms with Crippen molar-refractivity contribution in [3.05, 3.63) is 47.5 Å². The first-order valence-corrected chi connectivity index (χ1v) is 11.4. The number of carbonyl (C=O) groups excluding carboxylic acids is 3. The third kappa shape index (κ3) is 2.80. The van der Waals surface area contributed by atoms with E-state index in [9.17, 15) is 14.4 Å². The highest BCUT2D eigenvalue weighted by Crippen LogP contribution is 2.64. The molecule has 0 radical (unpaired) electrons. The number of allylic oxidation sites excluding steroid dienone is 1. The summed E-state index contributed by atoms with van der Waals surface area (Å²) in [6.45, 7) is 2.59. The number of hydrogen-bond donors (Lipinski definition) is 0. The largest absolute Gasteiger partial charge is 0.357 e. The fourth-order valence-electron chi connectivity index (χ4n) is 7.27. The average Bonchev–Trinajstić information content (AvgIpc) is 3.16. The van der Waals surface area contributed by atoms with Crippen LogP contribution >= 0.6 is 0 Å². The molecule has 1 aromatic rings. The van der Waals surface area contributed by atoms with Crippen molar-refractivity contribution < 1.29 is 19.1 Å². The van der Waals surface area contributed by atoms with Crippen LogP contribution in [0.15, 0.2) is 42.0 Å². The molecule has 4 aliphatic rings. The molecule has 0 heterocycles. The topological polar surface area (TPSA) is 60.4 Å². The quantitative estimate of drug-likeness (QED) is 0.547. The second-order valence-corrected chi connectivity index (χ2v) is 10.1. The Hall–Kier alpha value is -2.07. The van der Waals surface area contributed by atoms with E-state index in [0.717, 1.165) is 36.7 Å². The Balaban J connectivity index is 1.47. The smallest absolute Gasteiger partial charge is 0.192 e. The van der Waals surface area contributed by atoms with E-state index in [1.165, 1.54) is 19.3 Å². The summed E-state index contributed by atoms with van der Waals surface area (Å²) >= 11 is 0. The molecule has 3 fully saturated rings. The van der Waals surface area contributed by atoms with Crippen molar-refractivity contribution in [2.24, 2.45) is 28.6 Å². The van der Waals surface area contributed by atoms with Crippen LogP contribution in [0.3, 0.4) is 0 Å². The lowest BCUT2D eigenvalue weighted by Gasteiger charge is -2.56. The Kier molecular flexibility index (Phi) is 4.81. The Morgan fingerprint density at radius 2 is 1.87 bits per heavy atom. The van der Waals surface area contributed by atoms with Crippen LogP contribution in [0.1, 0.15) is 57.4 Å². The van der Waals surface area contributed by atoms with Gasteiger partial charge in [-0.05, 0) is 78.9 Å². The lowest BCUT2D eigenvalue weighted by molar-refractivity contribution is -0.158. The maximum atomic E-state index is 13.8. The molecule has 0 amide bonds. The van der Waals surface area contributed by atoms with Crippen LogP contribution in [0.4, 0.5) is 0 Å². The van der Waals surface area contributed by atoms with Crippen molar-refractivity contribution in [3.63, 3.8) is 0 Å². The van der Waals surface area contributed by atoms with E-state index in [2.05, 4.69) is 6.92 Å². The Morgan fingerprint density at radius 1 is 1.07 bits per heavy atom. The van der Waals surface area contributed by atoms with Crippen LogP contribution in [-0.4, -0.2) is 24.0 Å². The zero-order valence-electron chi connectivity index (χ0n) is 17.6. The summed E-state index contributed by atoms with van der Waals surface area (Å²) in [5, 5.41) is 0. The van der Waals surface area contributed by atoms with E-state index in [0.29, 0.717) is 23.7 Å². The van der Waals surface area contributed by atoms with Crippen molar-refractivity contribution >= 4 is 17.9 Å². The van der Waals surface area contributed by atoms with Gasteiger partial charge in [-0.25, -0.2) is 0 Å². The van der Waals surface area contributed by atoms with Gasteiger partial charge in [-0.15, -0.1) is 0 Å². The van der Waals surface area contributed by atoms with Crippen LogP contribution in [-0.2, 0) is 25.7 Å². The minimum atomic E-state index is -1.17. The van der Waals surface area contributed by atoms with Gasteiger partial charge in [0.05, 0.1) is 6.61 Å². The number of benzene rings is 1. The number of ether oxygens (including phenoxy) is 1. The van der Waals surface area contributed by atoms with Crippen LogP contribution in [0.2, 0.25) is 0 Å². The number of ketones is 2. The Morgan fingerprint density at radius 3 is 2.63 bits per heavy atom. The average molecular weight is 407 g/mol. The molecule has 4 aliphatic carbocycles. The SMILES string of the molecule is C[C@@]12CCC[C@H]1[C@@H]1CCC3=CC(=O)C(OCc4ccccc4)C(=O)[C@]3(C=O)[C@H]1CC2. The van der Waals surface area contributed by atoms with E-state index in [4.69, 9.17) is 4.74 Å². The highest BCUT2D eigenvalue weighted by atomic mass is 16.5. The molecule has 3 saturated carbocycles. The zero-order chi connectivity index (χ0) is 20.9. The highest BCUT2D eigenvalue weighted by molar-refractivity contribution is 6.21. The maximum absolute atomic E-state index is 13.8. The molecule has 158 valence electrons. The summed E-state index contributed by atoms with van der Waals surface area (Å²) in [5.41, 5.74) is 0.842. The first-order valence-electron chi connectivity index (χ1n) is 11.4. The third-order valence-electron chi connectivity index (χ3n) is 8.75. The van der Waals surface area contributed by atoms with Gasteiger partial charge in [-0.2, -0.15) is 0 Å². The molecule has 0 spiro atoms. The fraction of sp³-hybridized carbons (Fsp3) is 0.577. The summed E-state index contributed by atoms with van der Waals surface area (Å²) in [4.78, 5) is 39.2. The normalized spacial score (nSPS) is 40.2. The molecular formula is C26H30O4. The van der Waals surface area contributed by atoms with Crippen molar-refractivity contribution in [3.8, 4) is 0 Å². The molecule has 0 aromatic heterocycles. The third-order valence-corrected chi connectivity index (χ3v) is 8.75. The van der Waals surface area contributed by atoms with Gasteiger partial charge in [0.25, 0.3) is 0 Å². The molecule has 6 atom stereocenters. The summed E-state index contributed by atoms with van der Waals surface area (Å²) in [6, 6.07) is 9.54. The number of Topliss-reactive ketones (excluding diaryl/α,β-unsaturated/α-hetero) is 1. The molecule has 0 bridgehead atoms. The van der Waals surface area contributed by atoms with Crippen LogP contribution in [0, 0.1) is 28.6 Å². The van der Waals surface area contributed by atoms with Crippen LogP contribution in [0.5, 0.6) is 0 Å². The van der Waals surface area contributed by atoms with Crippen LogP contribution < -0.4 is 0 Å². The molecule has 30 heavy (non-hydrogen) atoms. The van der Waals surface area contributed by atoms with Gasteiger partial charge in [-0.3, -0.25) is 9.59 Å². The van der Waals surface area contributed by atoms with Crippen molar-refractivity contribution in [1.82, 2.24) is 0 Å².